The highest BCUT2D eigenvalue weighted by molar-refractivity contribution is 5.79. The van der Waals surface area contributed by atoms with Crippen molar-refractivity contribution >= 4 is 36.3 Å². The highest BCUT2D eigenvalue weighted by Gasteiger charge is 2.50. The molecule has 4 heterocycles. The van der Waals surface area contributed by atoms with Crippen molar-refractivity contribution in [3.63, 3.8) is 0 Å². The summed E-state index contributed by atoms with van der Waals surface area (Å²) in [5.74, 6) is -1.02. The van der Waals surface area contributed by atoms with Crippen LogP contribution in [0.3, 0.4) is 0 Å². The lowest BCUT2D eigenvalue weighted by molar-refractivity contribution is -0.172. The summed E-state index contributed by atoms with van der Waals surface area (Å²) in [5, 5.41) is 1.95. The summed E-state index contributed by atoms with van der Waals surface area (Å²) in [7, 11) is 0. The molecule has 0 aliphatic carbocycles. The first-order chi connectivity index (χ1) is 22.7. The Hall–Kier alpha value is -3.98. The molecule has 16 heteroatoms. The van der Waals surface area contributed by atoms with Crippen LogP contribution in [0.2, 0.25) is 0 Å². The summed E-state index contributed by atoms with van der Waals surface area (Å²) in [5.41, 5.74) is -2.65. The summed E-state index contributed by atoms with van der Waals surface area (Å²) in [6, 6.07) is -1.82. The fraction of sp³-hybridized carbons (Fsp3) is 0.824. The quantitative estimate of drug-likeness (QED) is 0.320. The van der Waals surface area contributed by atoms with Gasteiger partial charge in [0.2, 0.25) is 0 Å². The first-order valence-corrected chi connectivity index (χ1v) is 17.2. The van der Waals surface area contributed by atoms with Gasteiger partial charge in [0.1, 0.15) is 34.5 Å². The molecule has 0 N–H and O–H groups in total. The summed E-state index contributed by atoms with van der Waals surface area (Å²) >= 11 is 0. The lowest BCUT2D eigenvalue weighted by atomic mass is 10.0. The fourth-order valence-corrected chi connectivity index (χ4v) is 5.96. The molecule has 16 nitrogen and oxygen atoms in total. The third kappa shape index (κ3) is 11.5. The van der Waals surface area contributed by atoms with Gasteiger partial charge in [-0.15, -0.1) is 10.1 Å². The van der Waals surface area contributed by atoms with Crippen molar-refractivity contribution in [1.29, 1.82) is 0 Å². The minimum Gasteiger partial charge on any atom is -0.444 e. The van der Waals surface area contributed by atoms with E-state index in [-0.39, 0.29) is 24.9 Å². The van der Waals surface area contributed by atoms with Crippen LogP contribution in [0, 0.1) is 0 Å². The monoisotopic (exact) mass is 712 g/mol. The Bertz CT molecular complexity index is 1190. The maximum Gasteiger partial charge on any atom is 0.444 e. The van der Waals surface area contributed by atoms with Crippen LogP contribution in [0.25, 0.3) is 0 Å². The van der Waals surface area contributed by atoms with E-state index in [9.17, 15) is 28.8 Å². The van der Waals surface area contributed by atoms with E-state index in [1.807, 2.05) is 0 Å². The average Bonchev–Trinajstić information content (AvgIpc) is 3.70. The highest BCUT2D eigenvalue weighted by atomic mass is 16.8. The number of carbonyl (C=O) groups is 6. The number of hydrogen-bond donors (Lipinski definition) is 0. The summed E-state index contributed by atoms with van der Waals surface area (Å²) in [6.45, 7) is 22.2. The van der Waals surface area contributed by atoms with Gasteiger partial charge in [0.15, 0.2) is 0 Å². The molecule has 4 fully saturated rings. The molecule has 0 aromatic carbocycles. The summed E-state index contributed by atoms with van der Waals surface area (Å²) in [4.78, 5) is 86.5. The first-order valence-electron chi connectivity index (χ1n) is 17.2. The van der Waals surface area contributed by atoms with Crippen LogP contribution >= 0.6 is 0 Å². The van der Waals surface area contributed by atoms with E-state index in [0.717, 1.165) is 23.0 Å². The lowest BCUT2D eigenvalue weighted by Gasteiger charge is -2.34. The normalized spacial score (nSPS) is 24.3. The van der Waals surface area contributed by atoms with Crippen LogP contribution < -0.4 is 0 Å². The zero-order valence-electron chi connectivity index (χ0n) is 31.7. The van der Waals surface area contributed by atoms with Crippen LogP contribution in [0.15, 0.2) is 0 Å². The number of rotatable bonds is 2. The Morgan fingerprint density at radius 3 is 1.06 bits per heavy atom. The number of hydroxylamine groups is 4. The molecule has 0 radical (unpaired) electrons. The molecule has 0 aromatic heterocycles. The number of carbonyl (C=O) groups excluding carboxylic acids is 6. The Balaban J connectivity index is 0.000000270. The van der Waals surface area contributed by atoms with Crippen LogP contribution in [0.5, 0.6) is 0 Å². The van der Waals surface area contributed by atoms with Crippen molar-refractivity contribution in [2.45, 2.75) is 168 Å². The van der Waals surface area contributed by atoms with E-state index in [2.05, 4.69) is 0 Å². The number of hydrogen-bond acceptors (Lipinski definition) is 12. The van der Waals surface area contributed by atoms with E-state index in [0.29, 0.717) is 25.9 Å². The summed E-state index contributed by atoms with van der Waals surface area (Å²) < 4.78 is 21.5. The van der Waals surface area contributed by atoms with Gasteiger partial charge in [0.25, 0.3) is 0 Å². The minimum atomic E-state index is -0.723. The number of likely N-dealkylation sites (tertiary alicyclic amines) is 2. The third-order valence-electron chi connectivity index (χ3n) is 7.64. The molecule has 0 unspecified atom stereocenters. The second-order valence-corrected chi connectivity index (χ2v) is 16.8. The molecule has 284 valence electrons. The number of ether oxygens (including phenoxy) is 4. The van der Waals surface area contributed by atoms with Gasteiger partial charge in [-0.3, -0.25) is 0 Å². The SMILES string of the molecule is CC(C)(C)OC(=O)N1CCC[C@H]1[C@@H]1CC(=O)ON1C(=O)OC(C)(C)C.CC(C)(C)OC(=O)N1CCC[C@H]1[C@@H]1CC(=O)ON1C(=O)OC(C)(C)C. The molecule has 4 amide bonds. The molecular formula is C34H56N4O12. The van der Waals surface area contributed by atoms with Crippen LogP contribution in [-0.2, 0) is 38.2 Å². The van der Waals surface area contributed by atoms with Crippen LogP contribution in [0.4, 0.5) is 19.2 Å². The molecule has 0 aromatic rings. The van der Waals surface area contributed by atoms with Gasteiger partial charge >= 0.3 is 36.3 Å². The zero-order valence-corrected chi connectivity index (χ0v) is 31.7. The third-order valence-corrected chi connectivity index (χ3v) is 7.64. The van der Waals surface area contributed by atoms with Gasteiger partial charge in [-0.25, -0.2) is 28.8 Å². The van der Waals surface area contributed by atoms with Gasteiger partial charge in [-0.05, 0) is 109 Å². The molecule has 0 spiro atoms. The fourth-order valence-electron chi connectivity index (χ4n) is 5.96. The zero-order chi connectivity index (χ0) is 38.0. The molecular weight excluding hydrogens is 656 g/mol. The van der Waals surface area contributed by atoms with E-state index in [1.165, 1.54) is 0 Å². The van der Waals surface area contributed by atoms with Gasteiger partial charge in [0.05, 0.1) is 24.9 Å². The maximum atomic E-state index is 12.5. The second kappa shape index (κ2) is 15.1. The Morgan fingerprint density at radius 2 is 0.780 bits per heavy atom. The van der Waals surface area contributed by atoms with E-state index < -0.39 is 70.8 Å². The number of amides is 4. The predicted octanol–water partition coefficient (Wildman–Crippen LogP) is 5.71. The van der Waals surface area contributed by atoms with E-state index in [1.54, 1.807) is 92.9 Å². The Labute approximate surface area is 294 Å². The predicted molar refractivity (Wildman–Crippen MR) is 177 cm³/mol. The highest BCUT2D eigenvalue weighted by Crippen LogP contribution is 2.33. The first kappa shape index (κ1) is 40.4. The minimum absolute atomic E-state index is 0.0310. The molecule has 4 rings (SSSR count). The Morgan fingerprint density at radius 1 is 0.500 bits per heavy atom. The number of nitrogens with zero attached hydrogens (tertiary/aromatic N) is 4. The van der Waals surface area contributed by atoms with Gasteiger partial charge in [0, 0.05) is 13.1 Å². The molecule has 4 atom stereocenters. The largest absolute Gasteiger partial charge is 0.444 e. The Kier molecular flexibility index (Phi) is 12.2. The molecule has 4 aliphatic heterocycles. The van der Waals surface area contributed by atoms with Crippen molar-refractivity contribution in [2.75, 3.05) is 13.1 Å². The van der Waals surface area contributed by atoms with Gasteiger partial charge in [-0.2, -0.15) is 0 Å². The maximum absolute atomic E-state index is 12.5. The average molecular weight is 713 g/mol. The van der Waals surface area contributed by atoms with Crippen LogP contribution in [-0.4, -0.2) is 116 Å². The van der Waals surface area contributed by atoms with Crippen molar-refractivity contribution in [3.8, 4) is 0 Å². The molecule has 50 heavy (non-hydrogen) atoms. The van der Waals surface area contributed by atoms with Crippen molar-refractivity contribution in [1.82, 2.24) is 19.9 Å². The smallest absolute Gasteiger partial charge is 0.444 e. The second-order valence-electron chi connectivity index (χ2n) is 16.8. The molecule has 0 bridgehead atoms. The van der Waals surface area contributed by atoms with Crippen molar-refractivity contribution in [2.24, 2.45) is 0 Å². The summed E-state index contributed by atoms with van der Waals surface area (Å²) in [6.07, 6.45) is 0.607. The molecule has 4 aliphatic rings. The van der Waals surface area contributed by atoms with Gasteiger partial charge in [-0.1, -0.05) is 0 Å². The van der Waals surface area contributed by atoms with Crippen LogP contribution in [0.1, 0.15) is 122 Å². The molecule has 0 saturated carbocycles. The van der Waals surface area contributed by atoms with Crippen molar-refractivity contribution in [3.05, 3.63) is 0 Å². The van der Waals surface area contributed by atoms with E-state index >= 15 is 0 Å². The van der Waals surface area contributed by atoms with E-state index in [4.69, 9.17) is 28.6 Å². The molecule has 4 saturated heterocycles. The van der Waals surface area contributed by atoms with Gasteiger partial charge < -0.3 is 38.4 Å². The topological polar surface area (TPSA) is 171 Å². The van der Waals surface area contributed by atoms with Crippen molar-refractivity contribution < 1.29 is 57.4 Å². The standard InChI is InChI=1S/2C17H28N2O6/c2*1-16(2,3)23-14(21)18-9-7-8-11(18)12-10-13(20)25-19(12)15(22)24-17(4,5)6/h2*11-12H,7-10H2,1-6H3/t2*11-,12-/m00/s1. The lowest BCUT2D eigenvalue weighted by Crippen LogP contribution is -2.51.